The minimum atomic E-state index is -0.374. The van der Waals surface area contributed by atoms with Crippen LogP contribution in [0.25, 0.3) is 11.1 Å². The quantitative estimate of drug-likeness (QED) is 0.552. The fourth-order valence-corrected chi connectivity index (χ4v) is 5.03. The molecule has 2 atom stereocenters. The predicted molar refractivity (Wildman–Crippen MR) is 127 cm³/mol. The number of carbonyl (C=O) groups is 1. The maximum atomic E-state index is 13.3. The first kappa shape index (κ1) is 21.7. The van der Waals surface area contributed by atoms with E-state index in [0.717, 1.165) is 56.8 Å². The summed E-state index contributed by atoms with van der Waals surface area (Å²) in [5, 5.41) is 2.97. The van der Waals surface area contributed by atoms with E-state index in [9.17, 15) is 4.79 Å². The lowest BCUT2D eigenvalue weighted by Crippen LogP contribution is -2.46. The van der Waals surface area contributed by atoms with E-state index in [1.807, 2.05) is 18.3 Å². The van der Waals surface area contributed by atoms with Crippen molar-refractivity contribution in [1.82, 2.24) is 9.97 Å². The van der Waals surface area contributed by atoms with Crippen LogP contribution in [-0.2, 0) is 4.74 Å². The number of fused-ring (bicyclic) bond motifs is 1. The van der Waals surface area contributed by atoms with Gasteiger partial charge in [-0.3, -0.25) is 14.8 Å². The van der Waals surface area contributed by atoms with Gasteiger partial charge in [-0.2, -0.15) is 0 Å². The summed E-state index contributed by atoms with van der Waals surface area (Å²) in [5.74, 6) is 0.517. The average Bonchev–Trinajstić information content (AvgIpc) is 3.14. The predicted octanol–water partition coefficient (Wildman–Crippen LogP) is 3.12. The number of aromatic nitrogens is 2. The van der Waals surface area contributed by atoms with Crippen molar-refractivity contribution in [3.05, 3.63) is 41.9 Å². The van der Waals surface area contributed by atoms with Crippen molar-refractivity contribution in [3.8, 4) is 0 Å². The first-order valence-electron chi connectivity index (χ1n) is 11.5. The standard InChI is InChI=1S/C24H30N6O3/c1-14-8-17(25)13-30(12-14)19-2-5-27-11-18(19)29-24(31)21-22-20(33-23(21)26)9-16(10-28-22)15-3-6-32-7-4-15/h2,5,9-11,14-15,17H,3-4,6-8,12-13,25-26H2,1H3,(H,29,31). The Bertz CT molecular complexity index is 1150. The van der Waals surface area contributed by atoms with Crippen LogP contribution in [0.15, 0.2) is 35.1 Å². The number of nitrogens with zero attached hydrogens (tertiary/aromatic N) is 3. The van der Waals surface area contributed by atoms with Crippen LogP contribution in [-0.4, -0.2) is 48.2 Å². The van der Waals surface area contributed by atoms with Crippen LogP contribution >= 0.6 is 0 Å². The zero-order valence-corrected chi connectivity index (χ0v) is 18.8. The summed E-state index contributed by atoms with van der Waals surface area (Å²) in [4.78, 5) is 24.2. The number of nitrogen functional groups attached to an aromatic ring is 1. The second-order valence-electron chi connectivity index (χ2n) is 9.20. The largest absolute Gasteiger partial charge is 0.438 e. The molecule has 5 N–H and O–H groups in total. The summed E-state index contributed by atoms with van der Waals surface area (Å²) in [7, 11) is 0. The highest BCUT2D eigenvalue weighted by Crippen LogP contribution is 2.34. The van der Waals surface area contributed by atoms with Crippen molar-refractivity contribution < 1.29 is 13.9 Å². The third-order valence-electron chi connectivity index (χ3n) is 6.58. The molecule has 33 heavy (non-hydrogen) atoms. The Balaban J connectivity index is 1.41. The minimum Gasteiger partial charge on any atom is -0.438 e. The highest BCUT2D eigenvalue weighted by molar-refractivity contribution is 6.15. The van der Waals surface area contributed by atoms with Gasteiger partial charge in [-0.1, -0.05) is 6.92 Å². The molecule has 2 aliphatic heterocycles. The third-order valence-corrected chi connectivity index (χ3v) is 6.58. The topological polar surface area (TPSA) is 133 Å². The maximum absolute atomic E-state index is 13.3. The maximum Gasteiger partial charge on any atom is 0.263 e. The Morgan fingerprint density at radius 2 is 2.06 bits per heavy atom. The number of carbonyl (C=O) groups excluding carboxylic acids is 1. The molecule has 2 fully saturated rings. The summed E-state index contributed by atoms with van der Waals surface area (Å²) in [6.07, 6.45) is 8.06. The Kier molecular flexibility index (Phi) is 5.90. The molecule has 9 heteroatoms. The van der Waals surface area contributed by atoms with Crippen molar-refractivity contribution in [2.24, 2.45) is 11.7 Å². The highest BCUT2D eigenvalue weighted by Gasteiger charge is 2.27. The molecule has 0 radical (unpaired) electrons. The van der Waals surface area contributed by atoms with E-state index in [2.05, 4.69) is 27.1 Å². The second kappa shape index (κ2) is 8.99. The summed E-state index contributed by atoms with van der Waals surface area (Å²) in [5.41, 5.74) is 16.2. The Labute approximate surface area is 192 Å². The number of anilines is 3. The number of hydrogen-bond donors (Lipinski definition) is 3. The molecule has 0 aromatic carbocycles. The van der Waals surface area contributed by atoms with E-state index < -0.39 is 0 Å². The van der Waals surface area contributed by atoms with E-state index in [4.69, 9.17) is 20.6 Å². The molecule has 174 valence electrons. The van der Waals surface area contributed by atoms with Crippen LogP contribution in [0.4, 0.5) is 17.3 Å². The van der Waals surface area contributed by atoms with Crippen LogP contribution in [0, 0.1) is 5.92 Å². The number of pyridine rings is 2. The summed E-state index contributed by atoms with van der Waals surface area (Å²) >= 11 is 0. The zero-order chi connectivity index (χ0) is 22.9. The van der Waals surface area contributed by atoms with Gasteiger partial charge in [0.05, 0.1) is 17.6 Å². The molecular formula is C24H30N6O3. The highest BCUT2D eigenvalue weighted by atomic mass is 16.5. The number of hydrogen-bond acceptors (Lipinski definition) is 8. The molecule has 5 heterocycles. The van der Waals surface area contributed by atoms with Crippen molar-refractivity contribution in [2.45, 2.75) is 38.1 Å². The molecule has 0 bridgehead atoms. The van der Waals surface area contributed by atoms with Gasteiger partial charge < -0.3 is 30.8 Å². The summed E-state index contributed by atoms with van der Waals surface area (Å²) < 4.78 is 11.2. The van der Waals surface area contributed by atoms with Crippen molar-refractivity contribution >= 4 is 34.3 Å². The van der Waals surface area contributed by atoms with E-state index in [-0.39, 0.29) is 23.4 Å². The van der Waals surface area contributed by atoms with Crippen LogP contribution in [0.1, 0.15) is 48.0 Å². The fraction of sp³-hybridized carbons (Fsp3) is 0.458. The molecule has 2 unspecified atom stereocenters. The van der Waals surface area contributed by atoms with Crippen molar-refractivity contribution in [1.29, 1.82) is 0 Å². The molecule has 0 aliphatic carbocycles. The van der Waals surface area contributed by atoms with Gasteiger partial charge in [-0.15, -0.1) is 0 Å². The first-order chi connectivity index (χ1) is 16.0. The van der Waals surface area contributed by atoms with Gasteiger partial charge in [0.15, 0.2) is 5.58 Å². The Morgan fingerprint density at radius 1 is 1.24 bits per heavy atom. The molecule has 0 spiro atoms. The fourth-order valence-electron chi connectivity index (χ4n) is 5.03. The SMILES string of the molecule is CC1CC(N)CN(c2ccncc2NC(=O)c2c(N)oc3cc(C4CCOCC4)cnc23)C1. The molecule has 5 rings (SSSR count). The lowest BCUT2D eigenvalue weighted by Gasteiger charge is -2.37. The van der Waals surface area contributed by atoms with E-state index in [0.29, 0.717) is 28.6 Å². The summed E-state index contributed by atoms with van der Waals surface area (Å²) in [6.45, 7) is 5.26. The van der Waals surface area contributed by atoms with Gasteiger partial charge in [0.2, 0.25) is 5.88 Å². The monoisotopic (exact) mass is 450 g/mol. The van der Waals surface area contributed by atoms with Gasteiger partial charge >= 0.3 is 0 Å². The van der Waals surface area contributed by atoms with Crippen LogP contribution in [0.5, 0.6) is 0 Å². The molecule has 3 aromatic rings. The van der Waals surface area contributed by atoms with Crippen molar-refractivity contribution in [2.75, 3.05) is 42.3 Å². The van der Waals surface area contributed by atoms with Gasteiger partial charge in [-0.25, -0.2) is 0 Å². The third kappa shape index (κ3) is 4.38. The van der Waals surface area contributed by atoms with Gasteiger partial charge in [0.1, 0.15) is 11.1 Å². The lowest BCUT2D eigenvalue weighted by atomic mass is 9.93. The minimum absolute atomic E-state index is 0.0539. The van der Waals surface area contributed by atoms with E-state index in [1.54, 1.807) is 12.4 Å². The smallest absolute Gasteiger partial charge is 0.263 e. The molecule has 2 aliphatic rings. The van der Waals surface area contributed by atoms with Crippen LogP contribution < -0.4 is 21.7 Å². The summed E-state index contributed by atoms with van der Waals surface area (Å²) in [6, 6.07) is 3.93. The number of piperidine rings is 1. The van der Waals surface area contributed by atoms with E-state index >= 15 is 0 Å². The average molecular weight is 451 g/mol. The number of nitrogens with one attached hydrogen (secondary N) is 1. The molecule has 1 amide bonds. The van der Waals surface area contributed by atoms with Crippen molar-refractivity contribution in [3.63, 3.8) is 0 Å². The Morgan fingerprint density at radius 3 is 2.85 bits per heavy atom. The number of rotatable bonds is 4. The van der Waals surface area contributed by atoms with Gasteiger partial charge in [-0.05, 0) is 48.8 Å². The molecule has 3 aromatic heterocycles. The Hall–Kier alpha value is -3.17. The number of amides is 1. The molecule has 2 saturated heterocycles. The molecule has 0 saturated carbocycles. The number of furan rings is 1. The number of ether oxygens (including phenoxy) is 1. The lowest BCUT2D eigenvalue weighted by molar-refractivity contribution is 0.0853. The number of nitrogens with two attached hydrogens (primary N) is 2. The normalized spacial score (nSPS) is 21.9. The zero-order valence-electron chi connectivity index (χ0n) is 18.8. The van der Waals surface area contributed by atoms with Gasteiger partial charge in [0, 0.05) is 44.7 Å². The van der Waals surface area contributed by atoms with Crippen LogP contribution in [0.2, 0.25) is 0 Å². The first-order valence-corrected chi connectivity index (χ1v) is 11.5. The van der Waals surface area contributed by atoms with Gasteiger partial charge in [0.25, 0.3) is 5.91 Å². The molecule has 9 nitrogen and oxygen atoms in total. The molecular weight excluding hydrogens is 420 g/mol. The van der Waals surface area contributed by atoms with Crippen LogP contribution in [0.3, 0.4) is 0 Å². The second-order valence-corrected chi connectivity index (χ2v) is 9.20. The van der Waals surface area contributed by atoms with E-state index in [1.165, 1.54) is 0 Å².